The third kappa shape index (κ3) is 4.35. The van der Waals surface area contributed by atoms with Crippen molar-refractivity contribution in [3.8, 4) is 11.5 Å². The number of hydrogen-bond donors (Lipinski definition) is 1. The first kappa shape index (κ1) is 22.2. The molecule has 0 bridgehead atoms. The van der Waals surface area contributed by atoms with Crippen molar-refractivity contribution in [3.63, 3.8) is 0 Å². The van der Waals surface area contributed by atoms with Crippen molar-refractivity contribution >= 4 is 17.4 Å². The Balaban J connectivity index is 1.75. The molecule has 3 aromatic rings. The number of amides is 1. The molecule has 1 aromatic heterocycles. The van der Waals surface area contributed by atoms with Gasteiger partial charge in [0.2, 0.25) is 0 Å². The lowest BCUT2D eigenvalue weighted by atomic mass is 9.99. The molecule has 2 aromatic carbocycles. The van der Waals surface area contributed by atoms with Crippen LogP contribution in [-0.2, 0) is 16.1 Å². The number of rotatable bonds is 8. The average molecular weight is 447 g/mol. The minimum atomic E-state index is -0.874. The van der Waals surface area contributed by atoms with E-state index in [-0.39, 0.29) is 17.9 Å². The molecule has 0 aliphatic carbocycles. The number of ketones is 1. The predicted molar refractivity (Wildman–Crippen MR) is 122 cm³/mol. The molecule has 1 saturated heterocycles. The molecule has 1 unspecified atom stereocenters. The number of ether oxygens (including phenoxy) is 2. The van der Waals surface area contributed by atoms with Crippen LogP contribution in [0.3, 0.4) is 0 Å². The van der Waals surface area contributed by atoms with E-state index in [2.05, 4.69) is 0 Å². The molecule has 33 heavy (non-hydrogen) atoms. The summed E-state index contributed by atoms with van der Waals surface area (Å²) in [5, 5.41) is 11.1. The first-order chi connectivity index (χ1) is 16.0. The van der Waals surface area contributed by atoms with Crippen LogP contribution in [0.5, 0.6) is 11.5 Å². The highest BCUT2D eigenvalue weighted by atomic mass is 16.5. The van der Waals surface area contributed by atoms with E-state index in [1.165, 1.54) is 11.2 Å². The van der Waals surface area contributed by atoms with Crippen LogP contribution in [0.4, 0.5) is 0 Å². The number of aliphatic hydroxyl groups excluding tert-OH is 1. The van der Waals surface area contributed by atoms with Gasteiger partial charge in [-0.05, 0) is 48.9 Å². The summed E-state index contributed by atoms with van der Waals surface area (Å²) in [5.74, 6) is -0.109. The molecule has 1 fully saturated rings. The molecular weight excluding hydrogens is 422 g/mol. The summed E-state index contributed by atoms with van der Waals surface area (Å²) in [6, 6.07) is 16.5. The van der Waals surface area contributed by atoms with E-state index in [1.54, 1.807) is 49.6 Å². The second-order valence-electron chi connectivity index (χ2n) is 7.63. The third-order valence-corrected chi connectivity index (χ3v) is 5.49. The van der Waals surface area contributed by atoms with E-state index in [0.29, 0.717) is 29.4 Å². The van der Waals surface area contributed by atoms with Crippen molar-refractivity contribution in [1.82, 2.24) is 4.90 Å². The topological polar surface area (TPSA) is 89.2 Å². The van der Waals surface area contributed by atoms with E-state index >= 15 is 0 Å². The van der Waals surface area contributed by atoms with Crippen molar-refractivity contribution in [1.29, 1.82) is 0 Å². The number of likely N-dealkylation sites (tertiary alicyclic amines) is 1. The first-order valence-electron chi connectivity index (χ1n) is 10.7. The quantitative estimate of drug-likeness (QED) is 0.306. The number of aliphatic hydroxyl groups is 1. The van der Waals surface area contributed by atoms with E-state index in [4.69, 9.17) is 13.9 Å². The summed E-state index contributed by atoms with van der Waals surface area (Å²) >= 11 is 0. The number of Topliss-reactive ketones (excluding diaryl/α,β-unsaturated/α-hetero) is 1. The number of methoxy groups -OCH3 is 1. The molecule has 170 valence electrons. The Morgan fingerprint density at radius 3 is 2.48 bits per heavy atom. The van der Waals surface area contributed by atoms with Crippen LogP contribution < -0.4 is 9.47 Å². The first-order valence-corrected chi connectivity index (χ1v) is 10.7. The number of benzene rings is 2. The second kappa shape index (κ2) is 9.65. The summed E-state index contributed by atoms with van der Waals surface area (Å²) < 4.78 is 16.6. The molecule has 1 atom stereocenters. The fourth-order valence-corrected chi connectivity index (χ4v) is 3.89. The van der Waals surface area contributed by atoms with Crippen LogP contribution in [0.1, 0.15) is 36.3 Å². The summed E-state index contributed by atoms with van der Waals surface area (Å²) in [6.45, 7) is 2.71. The lowest BCUT2D eigenvalue weighted by molar-refractivity contribution is -0.140. The lowest BCUT2D eigenvalue weighted by Crippen LogP contribution is -2.29. The molecule has 1 aliphatic rings. The number of hydrogen-bond acceptors (Lipinski definition) is 6. The molecule has 1 N–H and O–H groups in total. The Labute approximate surface area is 191 Å². The number of carbonyl (C=O) groups is 2. The Bertz CT molecular complexity index is 1160. The van der Waals surface area contributed by atoms with E-state index in [1.807, 2.05) is 25.1 Å². The van der Waals surface area contributed by atoms with Crippen molar-refractivity contribution < 1.29 is 28.6 Å². The van der Waals surface area contributed by atoms with Crippen molar-refractivity contribution in [3.05, 3.63) is 89.4 Å². The fraction of sp³-hybridized carbons (Fsp3) is 0.231. The third-order valence-electron chi connectivity index (χ3n) is 5.49. The summed E-state index contributed by atoms with van der Waals surface area (Å²) in [4.78, 5) is 27.5. The van der Waals surface area contributed by atoms with Gasteiger partial charge in [0, 0.05) is 11.1 Å². The summed E-state index contributed by atoms with van der Waals surface area (Å²) in [6.07, 6.45) is 2.35. The van der Waals surface area contributed by atoms with Crippen LogP contribution in [0, 0.1) is 0 Å². The molecule has 0 radical (unpaired) electrons. The zero-order valence-electron chi connectivity index (χ0n) is 18.5. The van der Waals surface area contributed by atoms with Crippen LogP contribution in [-0.4, -0.2) is 35.4 Å². The molecule has 7 nitrogen and oxygen atoms in total. The van der Waals surface area contributed by atoms with Crippen LogP contribution in [0.15, 0.2) is 76.9 Å². The predicted octanol–water partition coefficient (Wildman–Crippen LogP) is 4.70. The van der Waals surface area contributed by atoms with Gasteiger partial charge >= 0.3 is 0 Å². The molecule has 1 aliphatic heterocycles. The summed E-state index contributed by atoms with van der Waals surface area (Å²) in [7, 11) is 1.55. The van der Waals surface area contributed by atoms with Gasteiger partial charge in [0.05, 0.1) is 32.1 Å². The molecule has 2 heterocycles. The van der Waals surface area contributed by atoms with E-state index in [9.17, 15) is 14.7 Å². The maximum Gasteiger partial charge on any atom is 0.296 e. The van der Waals surface area contributed by atoms with Gasteiger partial charge in [-0.15, -0.1) is 0 Å². The Morgan fingerprint density at radius 2 is 1.82 bits per heavy atom. The van der Waals surface area contributed by atoms with Crippen molar-refractivity contribution in [2.75, 3.05) is 13.7 Å². The number of para-hydroxylation sites is 1. The van der Waals surface area contributed by atoms with Gasteiger partial charge in [0.15, 0.2) is 0 Å². The zero-order valence-corrected chi connectivity index (χ0v) is 18.5. The molecule has 7 heteroatoms. The van der Waals surface area contributed by atoms with Crippen LogP contribution >= 0.6 is 0 Å². The molecule has 1 amide bonds. The zero-order chi connectivity index (χ0) is 23.4. The van der Waals surface area contributed by atoms with Crippen LogP contribution in [0.2, 0.25) is 0 Å². The van der Waals surface area contributed by atoms with E-state index < -0.39 is 17.7 Å². The van der Waals surface area contributed by atoms with Gasteiger partial charge < -0.3 is 23.9 Å². The SMILES string of the molecule is CCCOc1ccc(/C(O)=C2/C(=O)C(=O)N(Cc3ccccc3OC)C2c2ccco2)cc1. The van der Waals surface area contributed by atoms with Crippen molar-refractivity contribution in [2.45, 2.75) is 25.9 Å². The highest BCUT2D eigenvalue weighted by Gasteiger charge is 2.47. The number of carbonyl (C=O) groups excluding carboxylic acids is 2. The lowest BCUT2D eigenvalue weighted by Gasteiger charge is -2.24. The summed E-state index contributed by atoms with van der Waals surface area (Å²) in [5.41, 5.74) is 1.12. The van der Waals surface area contributed by atoms with Gasteiger partial charge in [-0.1, -0.05) is 25.1 Å². The highest BCUT2D eigenvalue weighted by molar-refractivity contribution is 6.46. The second-order valence-corrected chi connectivity index (χ2v) is 7.63. The van der Waals surface area contributed by atoms with Crippen molar-refractivity contribution in [2.24, 2.45) is 0 Å². The maximum atomic E-state index is 13.1. The largest absolute Gasteiger partial charge is 0.507 e. The van der Waals surface area contributed by atoms with Gasteiger partial charge in [-0.25, -0.2) is 0 Å². The highest BCUT2D eigenvalue weighted by Crippen LogP contribution is 2.41. The number of furan rings is 1. The Kier molecular flexibility index (Phi) is 6.49. The maximum absolute atomic E-state index is 13.1. The fourth-order valence-electron chi connectivity index (χ4n) is 3.89. The normalized spacial score (nSPS) is 17.4. The number of nitrogens with zero attached hydrogens (tertiary/aromatic N) is 1. The Morgan fingerprint density at radius 1 is 1.06 bits per heavy atom. The minimum Gasteiger partial charge on any atom is -0.507 e. The minimum absolute atomic E-state index is 0.0212. The molecule has 0 spiro atoms. The van der Waals surface area contributed by atoms with Gasteiger partial charge in [-0.2, -0.15) is 0 Å². The smallest absolute Gasteiger partial charge is 0.296 e. The monoisotopic (exact) mass is 447 g/mol. The van der Waals surface area contributed by atoms with E-state index in [0.717, 1.165) is 12.0 Å². The molecular formula is C26H25NO6. The molecule has 4 rings (SSSR count). The molecule has 0 saturated carbocycles. The standard InChI is InChI=1S/C26H25NO6/c1-3-14-32-19-12-10-17(11-13-19)24(28)22-23(21-9-6-15-33-21)27(26(30)25(22)29)16-18-7-4-5-8-20(18)31-2/h4-13,15,23,28H,3,14,16H2,1-2H3/b24-22-. The van der Waals surface area contributed by atoms with Crippen LogP contribution in [0.25, 0.3) is 5.76 Å². The van der Waals surface area contributed by atoms with Gasteiger partial charge in [-0.3, -0.25) is 9.59 Å². The van der Waals surface area contributed by atoms with Gasteiger partial charge in [0.1, 0.15) is 29.1 Å². The average Bonchev–Trinajstić information content (AvgIpc) is 3.46. The van der Waals surface area contributed by atoms with Gasteiger partial charge in [0.25, 0.3) is 11.7 Å². The Hall–Kier alpha value is -4.00.